The molecule has 96 valence electrons. The third-order valence-electron chi connectivity index (χ3n) is 2.56. The molecule has 0 aromatic carbocycles. The van der Waals surface area contributed by atoms with Crippen molar-refractivity contribution in [2.75, 3.05) is 27.3 Å². The minimum Gasteiger partial charge on any atom is -0.383 e. The maximum absolute atomic E-state index is 11.7. The number of hydrogen-bond donors (Lipinski definition) is 1. The molecular weight excluding hydrogens is 204 g/mol. The molecule has 0 spiro atoms. The second-order valence-electron chi connectivity index (χ2n) is 4.30. The molecule has 0 fully saturated rings. The van der Waals surface area contributed by atoms with E-state index in [0.717, 1.165) is 12.8 Å². The highest BCUT2D eigenvalue weighted by molar-refractivity contribution is 5.75. The van der Waals surface area contributed by atoms with Crippen molar-refractivity contribution in [3.05, 3.63) is 0 Å². The molecule has 1 unspecified atom stereocenters. The first kappa shape index (κ1) is 15.4. The molecule has 2 N–H and O–H groups in total. The van der Waals surface area contributed by atoms with Gasteiger partial charge in [-0.05, 0) is 6.42 Å². The Kier molecular flexibility index (Phi) is 9.24. The molecule has 0 saturated heterocycles. The SMILES string of the molecule is CCCCCCC(=O)N(C)CC(N)COC. The summed E-state index contributed by atoms with van der Waals surface area (Å²) in [5.41, 5.74) is 5.78. The van der Waals surface area contributed by atoms with Crippen molar-refractivity contribution in [3.63, 3.8) is 0 Å². The smallest absolute Gasteiger partial charge is 0.222 e. The van der Waals surface area contributed by atoms with Crippen LogP contribution in [0.5, 0.6) is 0 Å². The number of amides is 1. The van der Waals surface area contributed by atoms with E-state index in [1.165, 1.54) is 12.8 Å². The Bertz CT molecular complexity index is 186. The molecule has 0 aliphatic carbocycles. The number of carbonyl (C=O) groups is 1. The summed E-state index contributed by atoms with van der Waals surface area (Å²) in [5, 5.41) is 0. The first-order valence-corrected chi connectivity index (χ1v) is 6.10. The average molecular weight is 230 g/mol. The zero-order chi connectivity index (χ0) is 12.4. The van der Waals surface area contributed by atoms with Crippen molar-refractivity contribution < 1.29 is 9.53 Å². The number of ether oxygens (including phenoxy) is 1. The van der Waals surface area contributed by atoms with Gasteiger partial charge in [0, 0.05) is 33.2 Å². The molecule has 4 nitrogen and oxygen atoms in total. The second kappa shape index (κ2) is 9.60. The second-order valence-corrected chi connectivity index (χ2v) is 4.30. The quantitative estimate of drug-likeness (QED) is 0.609. The fourth-order valence-corrected chi connectivity index (χ4v) is 1.61. The van der Waals surface area contributed by atoms with Gasteiger partial charge in [-0.25, -0.2) is 0 Å². The summed E-state index contributed by atoms with van der Waals surface area (Å²) in [7, 11) is 3.42. The lowest BCUT2D eigenvalue weighted by molar-refractivity contribution is -0.130. The fourth-order valence-electron chi connectivity index (χ4n) is 1.61. The van der Waals surface area contributed by atoms with Gasteiger partial charge in [0.05, 0.1) is 6.61 Å². The summed E-state index contributed by atoms with van der Waals surface area (Å²) in [5.74, 6) is 0.183. The summed E-state index contributed by atoms with van der Waals surface area (Å²) in [4.78, 5) is 13.4. The standard InChI is InChI=1S/C12H26N2O2/c1-4-5-6-7-8-12(15)14(2)9-11(13)10-16-3/h11H,4-10,13H2,1-3H3. The first-order valence-electron chi connectivity index (χ1n) is 6.10. The Balaban J connectivity index is 3.64. The fraction of sp³-hybridized carbons (Fsp3) is 0.917. The molecule has 1 amide bonds. The van der Waals surface area contributed by atoms with Crippen LogP contribution in [0.1, 0.15) is 39.0 Å². The van der Waals surface area contributed by atoms with Crippen molar-refractivity contribution >= 4 is 5.91 Å². The molecule has 0 radical (unpaired) electrons. The number of carbonyl (C=O) groups excluding carboxylic acids is 1. The van der Waals surface area contributed by atoms with Crippen LogP contribution < -0.4 is 5.73 Å². The van der Waals surface area contributed by atoms with E-state index in [4.69, 9.17) is 10.5 Å². The van der Waals surface area contributed by atoms with Crippen molar-refractivity contribution in [1.29, 1.82) is 0 Å². The number of nitrogens with zero attached hydrogens (tertiary/aromatic N) is 1. The van der Waals surface area contributed by atoms with E-state index >= 15 is 0 Å². The summed E-state index contributed by atoms with van der Waals surface area (Å²) in [6, 6.07) is -0.0883. The van der Waals surface area contributed by atoms with Gasteiger partial charge in [0.25, 0.3) is 0 Å². The zero-order valence-electron chi connectivity index (χ0n) is 10.9. The van der Waals surface area contributed by atoms with Crippen LogP contribution in [0.15, 0.2) is 0 Å². The molecule has 0 aromatic rings. The molecule has 0 rings (SSSR count). The van der Waals surface area contributed by atoms with E-state index in [1.54, 1.807) is 19.1 Å². The number of rotatable bonds is 9. The van der Waals surface area contributed by atoms with Crippen molar-refractivity contribution in [3.8, 4) is 0 Å². The largest absolute Gasteiger partial charge is 0.383 e. The lowest BCUT2D eigenvalue weighted by Gasteiger charge is -2.21. The minimum atomic E-state index is -0.0883. The van der Waals surface area contributed by atoms with Gasteiger partial charge in [-0.1, -0.05) is 26.2 Å². The van der Waals surface area contributed by atoms with E-state index in [9.17, 15) is 4.79 Å². The van der Waals surface area contributed by atoms with Gasteiger partial charge < -0.3 is 15.4 Å². The lowest BCUT2D eigenvalue weighted by Crippen LogP contribution is -2.41. The lowest BCUT2D eigenvalue weighted by atomic mass is 10.1. The topological polar surface area (TPSA) is 55.6 Å². The highest BCUT2D eigenvalue weighted by Crippen LogP contribution is 2.04. The van der Waals surface area contributed by atoms with Crippen molar-refractivity contribution in [2.24, 2.45) is 5.73 Å². The summed E-state index contributed by atoms with van der Waals surface area (Å²) in [6.07, 6.45) is 5.16. The van der Waals surface area contributed by atoms with Crippen LogP contribution in [-0.4, -0.2) is 44.2 Å². The number of likely N-dealkylation sites (N-methyl/N-ethyl adjacent to an activating group) is 1. The van der Waals surface area contributed by atoms with E-state index in [1.807, 2.05) is 0 Å². The maximum atomic E-state index is 11.7. The molecule has 0 saturated carbocycles. The van der Waals surface area contributed by atoms with E-state index in [-0.39, 0.29) is 11.9 Å². The normalized spacial score (nSPS) is 12.5. The first-order chi connectivity index (χ1) is 7.61. The molecule has 4 heteroatoms. The van der Waals surface area contributed by atoms with Gasteiger partial charge in [0.2, 0.25) is 5.91 Å². The predicted molar refractivity (Wildman–Crippen MR) is 66.2 cm³/mol. The predicted octanol–water partition coefficient (Wildman–Crippen LogP) is 1.39. The maximum Gasteiger partial charge on any atom is 0.222 e. The summed E-state index contributed by atoms with van der Waals surface area (Å²) < 4.78 is 4.93. The molecule has 0 heterocycles. The molecule has 0 aliphatic heterocycles. The third kappa shape index (κ3) is 7.65. The van der Waals surface area contributed by atoms with Gasteiger partial charge >= 0.3 is 0 Å². The van der Waals surface area contributed by atoms with Gasteiger partial charge in [-0.3, -0.25) is 4.79 Å². The molecule has 0 aromatic heterocycles. The van der Waals surface area contributed by atoms with Crippen LogP contribution in [0.4, 0.5) is 0 Å². The number of hydrogen-bond acceptors (Lipinski definition) is 3. The van der Waals surface area contributed by atoms with E-state index in [0.29, 0.717) is 19.6 Å². The Morgan fingerprint density at radius 1 is 1.38 bits per heavy atom. The highest BCUT2D eigenvalue weighted by atomic mass is 16.5. The Morgan fingerprint density at radius 2 is 2.06 bits per heavy atom. The van der Waals surface area contributed by atoms with Crippen molar-refractivity contribution in [2.45, 2.75) is 45.1 Å². The van der Waals surface area contributed by atoms with Gasteiger partial charge in [0.1, 0.15) is 0 Å². The minimum absolute atomic E-state index is 0.0883. The number of unbranched alkanes of at least 4 members (excludes halogenated alkanes) is 3. The number of methoxy groups -OCH3 is 1. The average Bonchev–Trinajstić information content (AvgIpc) is 2.24. The molecular formula is C12H26N2O2. The monoisotopic (exact) mass is 230 g/mol. The van der Waals surface area contributed by atoms with Gasteiger partial charge in [-0.15, -0.1) is 0 Å². The van der Waals surface area contributed by atoms with Gasteiger partial charge in [0.15, 0.2) is 0 Å². The van der Waals surface area contributed by atoms with Crippen molar-refractivity contribution in [1.82, 2.24) is 4.90 Å². The molecule has 16 heavy (non-hydrogen) atoms. The van der Waals surface area contributed by atoms with Crippen LogP contribution in [0.3, 0.4) is 0 Å². The molecule has 0 bridgehead atoms. The van der Waals surface area contributed by atoms with Gasteiger partial charge in [-0.2, -0.15) is 0 Å². The van der Waals surface area contributed by atoms with Crippen LogP contribution in [0, 0.1) is 0 Å². The Morgan fingerprint density at radius 3 is 2.62 bits per heavy atom. The van der Waals surface area contributed by atoms with Crippen LogP contribution >= 0.6 is 0 Å². The zero-order valence-corrected chi connectivity index (χ0v) is 10.9. The Labute approximate surface area is 99.1 Å². The van der Waals surface area contributed by atoms with Crippen LogP contribution in [0.25, 0.3) is 0 Å². The van der Waals surface area contributed by atoms with E-state index < -0.39 is 0 Å². The third-order valence-corrected chi connectivity index (χ3v) is 2.56. The Hall–Kier alpha value is -0.610. The number of nitrogens with two attached hydrogens (primary N) is 1. The molecule has 0 aliphatic rings. The molecule has 1 atom stereocenters. The van der Waals surface area contributed by atoms with Crippen LogP contribution in [-0.2, 0) is 9.53 Å². The summed E-state index contributed by atoms with van der Waals surface area (Å²) >= 11 is 0. The van der Waals surface area contributed by atoms with Crippen LogP contribution in [0.2, 0.25) is 0 Å². The van der Waals surface area contributed by atoms with E-state index in [2.05, 4.69) is 6.92 Å². The summed E-state index contributed by atoms with van der Waals surface area (Å²) in [6.45, 7) is 3.23. The highest BCUT2D eigenvalue weighted by Gasteiger charge is 2.11.